The number of nitrogens with zero attached hydrogens (tertiary/aromatic N) is 1. The summed E-state index contributed by atoms with van der Waals surface area (Å²) in [6.45, 7) is 0. The van der Waals surface area contributed by atoms with Crippen LogP contribution in [0, 0.1) is 0 Å². The molecule has 1 atom stereocenters. The minimum absolute atomic E-state index is 0.142. The van der Waals surface area contributed by atoms with Gasteiger partial charge in [-0.2, -0.15) is 5.10 Å². The lowest BCUT2D eigenvalue weighted by Crippen LogP contribution is -2.26. The van der Waals surface area contributed by atoms with E-state index >= 15 is 0 Å². The van der Waals surface area contributed by atoms with Gasteiger partial charge >= 0.3 is 0 Å². The lowest BCUT2D eigenvalue weighted by molar-refractivity contribution is -0.116. The van der Waals surface area contributed by atoms with E-state index < -0.39 is 0 Å². The molecule has 23 heavy (non-hydrogen) atoms. The van der Waals surface area contributed by atoms with Crippen LogP contribution >= 0.6 is 0 Å². The van der Waals surface area contributed by atoms with Gasteiger partial charge in [0, 0.05) is 34.4 Å². The van der Waals surface area contributed by atoms with Gasteiger partial charge in [0.05, 0.1) is 13.3 Å². The molecule has 3 aromatic rings. The van der Waals surface area contributed by atoms with Gasteiger partial charge in [-0.3, -0.25) is 14.7 Å². The van der Waals surface area contributed by atoms with Crippen molar-refractivity contribution in [1.82, 2.24) is 15.2 Å². The lowest BCUT2D eigenvalue weighted by atomic mass is 9.87. The number of H-pyrrole nitrogens is 2. The van der Waals surface area contributed by atoms with E-state index in [1.54, 1.807) is 25.4 Å². The number of methoxy groups -OCH3 is 1. The van der Waals surface area contributed by atoms with Crippen LogP contribution in [0.2, 0.25) is 0 Å². The van der Waals surface area contributed by atoms with Gasteiger partial charge in [0.2, 0.25) is 5.91 Å². The number of pyridine rings is 1. The van der Waals surface area contributed by atoms with Crippen LogP contribution < -0.4 is 15.6 Å². The maximum atomic E-state index is 12.5. The summed E-state index contributed by atoms with van der Waals surface area (Å²) >= 11 is 0. The molecule has 0 fully saturated rings. The van der Waals surface area contributed by atoms with Crippen molar-refractivity contribution in [3.63, 3.8) is 0 Å². The van der Waals surface area contributed by atoms with Crippen molar-refractivity contribution in [2.75, 3.05) is 12.4 Å². The van der Waals surface area contributed by atoms with E-state index in [9.17, 15) is 9.59 Å². The third kappa shape index (κ3) is 2.17. The van der Waals surface area contributed by atoms with Crippen LogP contribution in [-0.4, -0.2) is 28.2 Å². The van der Waals surface area contributed by atoms with Gasteiger partial charge in [0.15, 0.2) is 0 Å². The molecule has 1 amide bonds. The summed E-state index contributed by atoms with van der Waals surface area (Å²) in [5.41, 5.74) is 1.89. The Bertz CT molecular complexity index is 973. The fourth-order valence-corrected chi connectivity index (χ4v) is 3.01. The smallest absolute Gasteiger partial charge is 0.252 e. The van der Waals surface area contributed by atoms with Gasteiger partial charge < -0.3 is 15.0 Å². The number of ether oxygens (including phenoxy) is 1. The van der Waals surface area contributed by atoms with Crippen LogP contribution in [0.5, 0.6) is 5.75 Å². The number of rotatable bonds is 2. The van der Waals surface area contributed by atoms with Crippen LogP contribution in [0.25, 0.3) is 10.9 Å². The molecule has 1 aliphatic heterocycles. The molecule has 0 radical (unpaired) electrons. The van der Waals surface area contributed by atoms with Gasteiger partial charge in [-0.25, -0.2) is 0 Å². The molecular weight excluding hydrogens is 296 g/mol. The Kier molecular flexibility index (Phi) is 2.94. The Morgan fingerprint density at radius 2 is 2.09 bits per heavy atom. The first kappa shape index (κ1) is 13.6. The van der Waals surface area contributed by atoms with Crippen LogP contribution in [0.15, 0.2) is 35.3 Å². The number of amides is 1. The normalized spacial score (nSPS) is 16.9. The van der Waals surface area contributed by atoms with E-state index in [0.717, 1.165) is 16.5 Å². The highest BCUT2D eigenvalue weighted by atomic mass is 16.5. The Morgan fingerprint density at radius 1 is 1.22 bits per heavy atom. The zero-order valence-corrected chi connectivity index (χ0v) is 12.3. The highest BCUT2D eigenvalue weighted by Gasteiger charge is 2.30. The number of carbonyl (C=O) groups excluding carboxylic acids is 1. The monoisotopic (exact) mass is 310 g/mol. The number of fused-ring (bicyclic) bond motifs is 2. The van der Waals surface area contributed by atoms with Crippen LogP contribution in [-0.2, 0) is 4.79 Å². The van der Waals surface area contributed by atoms with Crippen molar-refractivity contribution in [3.05, 3.63) is 51.9 Å². The zero-order chi connectivity index (χ0) is 16.0. The van der Waals surface area contributed by atoms with E-state index in [1.165, 1.54) is 0 Å². The molecule has 7 nitrogen and oxygen atoms in total. The van der Waals surface area contributed by atoms with Crippen LogP contribution in [0.4, 0.5) is 5.82 Å². The van der Waals surface area contributed by atoms with Crippen molar-refractivity contribution in [2.24, 2.45) is 0 Å². The predicted molar refractivity (Wildman–Crippen MR) is 84.8 cm³/mol. The van der Waals surface area contributed by atoms with Gasteiger partial charge in [0.25, 0.3) is 5.56 Å². The van der Waals surface area contributed by atoms with Crippen molar-refractivity contribution < 1.29 is 9.53 Å². The molecule has 116 valence electrons. The molecule has 0 saturated heterocycles. The summed E-state index contributed by atoms with van der Waals surface area (Å²) in [6.07, 6.45) is 1.86. The zero-order valence-electron chi connectivity index (χ0n) is 12.3. The molecule has 0 bridgehead atoms. The van der Waals surface area contributed by atoms with E-state index in [4.69, 9.17) is 4.74 Å². The average molecular weight is 310 g/mol. The Hall–Kier alpha value is -3.09. The third-order valence-electron chi connectivity index (χ3n) is 4.15. The van der Waals surface area contributed by atoms with Crippen molar-refractivity contribution in [2.45, 2.75) is 12.3 Å². The van der Waals surface area contributed by atoms with Gasteiger partial charge in [-0.15, -0.1) is 0 Å². The van der Waals surface area contributed by atoms with E-state index in [0.29, 0.717) is 17.1 Å². The molecule has 0 unspecified atom stereocenters. The lowest BCUT2D eigenvalue weighted by Gasteiger charge is -2.21. The molecule has 0 spiro atoms. The van der Waals surface area contributed by atoms with E-state index in [-0.39, 0.29) is 23.8 Å². The van der Waals surface area contributed by atoms with Gasteiger partial charge in [0.1, 0.15) is 11.6 Å². The Labute approximate surface area is 130 Å². The summed E-state index contributed by atoms with van der Waals surface area (Å²) in [5, 5.41) is 10.3. The minimum atomic E-state index is -0.322. The number of nitrogens with one attached hydrogen (secondary N) is 3. The summed E-state index contributed by atoms with van der Waals surface area (Å²) < 4.78 is 5.23. The maximum Gasteiger partial charge on any atom is 0.252 e. The molecule has 3 N–H and O–H groups in total. The largest absolute Gasteiger partial charge is 0.497 e. The number of anilines is 1. The molecule has 0 aliphatic carbocycles. The molecule has 7 heteroatoms. The molecule has 4 rings (SSSR count). The second kappa shape index (κ2) is 4.98. The topological polar surface area (TPSA) is 99.9 Å². The number of hydrogen-bond donors (Lipinski definition) is 3. The predicted octanol–water partition coefficient (Wildman–Crippen LogP) is 1.73. The van der Waals surface area contributed by atoms with Crippen LogP contribution in [0.1, 0.15) is 23.5 Å². The average Bonchev–Trinajstić information content (AvgIpc) is 3.01. The van der Waals surface area contributed by atoms with Crippen molar-refractivity contribution in [1.29, 1.82) is 0 Å². The first-order valence-corrected chi connectivity index (χ1v) is 7.20. The van der Waals surface area contributed by atoms with Crippen molar-refractivity contribution >= 4 is 22.6 Å². The second-order valence-corrected chi connectivity index (χ2v) is 5.51. The van der Waals surface area contributed by atoms with Gasteiger partial charge in [-0.05, 0) is 24.3 Å². The molecular formula is C16H14N4O3. The third-order valence-corrected chi connectivity index (χ3v) is 4.15. The summed E-state index contributed by atoms with van der Waals surface area (Å²) in [6, 6.07) is 7.26. The fourth-order valence-electron chi connectivity index (χ4n) is 3.01. The fraction of sp³-hybridized carbons (Fsp3) is 0.188. The minimum Gasteiger partial charge on any atom is -0.497 e. The summed E-state index contributed by atoms with van der Waals surface area (Å²) in [5.74, 6) is 0.797. The Morgan fingerprint density at radius 3 is 2.91 bits per heavy atom. The SMILES string of the molecule is COc1ccc2[nH]c(=O)c([C@@H]3CC(=O)Nc4[nH]ncc43)cc2c1. The van der Waals surface area contributed by atoms with Gasteiger partial charge in [-0.1, -0.05) is 0 Å². The molecule has 1 aromatic carbocycles. The first-order valence-electron chi connectivity index (χ1n) is 7.20. The summed E-state index contributed by atoms with van der Waals surface area (Å²) in [4.78, 5) is 27.2. The number of carbonyl (C=O) groups is 1. The highest BCUT2D eigenvalue weighted by Crippen LogP contribution is 2.35. The number of aromatic nitrogens is 3. The number of hydrogen-bond acceptors (Lipinski definition) is 4. The quantitative estimate of drug-likeness (QED) is 0.671. The molecule has 2 aromatic heterocycles. The maximum absolute atomic E-state index is 12.5. The van der Waals surface area contributed by atoms with Crippen molar-refractivity contribution in [3.8, 4) is 5.75 Å². The highest BCUT2D eigenvalue weighted by molar-refractivity contribution is 5.94. The number of benzene rings is 1. The van der Waals surface area contributed by atoms with E-state index in [2.05, 4.69) is 20.5 Å². The van der Waals surface area contributed by atoms with E-state index in [1.807, 2.05) is 12.1 Å². The molecule has 1 aliphatic rings. The second-order valence-electron chi connectivity index (χ2n) is 5.51. The molecule has 3 heterocycles. The molecule has 0 saturated carbocycles. The summed E-state index contributed by atoms with van der Waals surface area (Å²) in [7, 11) is 1.59. The first-order chi connectivity index (χ1) is 11.2. The standard InChI is InChI=1S/C16H14N4O3/c1-23-9-2-3-13-8(4-9)5-11(16(22)18-13)10-6-14(21)19-15-12(10)7-17-20-15/h2-5,7,10H,6H2,1H3,(H,18,22)(H2,17,19,20,21)/t10-/m0/s1. The van der Waals surface area contributed by atoms with Crippen LogP contribution in [0.3, 0.4) is 0 Å². The number of aromatic amines is 2. The Balaban J connectivity index is 1.90.